The Morgan fingerprint density at radius 1 is 1.02 bits per heavy atom. The molecule has 3 aromatic rings. The number of carbonyl (C=O) groups excluding carboxylic acids is 1. The summed E-state index contributed by atoms with van der Waals surface area (Å²) in [5.74, 6) is 2.11. The molecule has 6 rings (SSSR count). The van der Waals surface area contributed by atoms with E-state index in [1.165, 1.54) is 17.4 Å². The lowest BCUT2D eigenvalue weighted by Gasteiger charge is -2.38. The third kappa shape index (κ3) is 7.08. The number of imidazole rings is 1. The SMILES string of the molecule is CC(C)(C)OC(=O)CC1CCC(N(CC2CC2)c2cc(-n3c(C(F)F)nc4ccccc43)nc(N3CCOCC3)n2)CC1. The molecule has 0 bridgehead atoms. The standard InChI is InChI=1S/C32H42F2N6O3/c1-32(2,3)43-28(41)18-21-10-12-23(13-11-21)39(20-22-8-9-22)26-19-27(37-31(36-26)38-14-16-42-17-15-38)40-25-7-5-4-6-24(25)35-30(40)29(33)34/h4-7,19,21-23,29H,8-18,20H2,1-3H3. The minimum Gasteiger partial charge on any atom is -0.460 e. The van der Waals surface area contributed by atoms with Crippen LogP contribution in [0.1, 0.15) is 78.0 Å². The van der Waals surface area contributed by atoms with Crippen LogP contribution in [-0.2, 0) is 14.3 Å². The molecule has 0 amide bonds. The van der Waals surface area contributed by atoms with Crippen molar-refractivity contribution in [1.82, 2.24) is 19.5 Å². The summed E-state index contributed by atoms with van der Waals surface area (Å²) >= 11 is 0. The summed E-state index contributed by atoms with van der Waals surface area (Å²) in [6.07, 6.45) is 3.77. The topological polar surface area (TPSA) is 85.6 Å². The van der Waals surface area contributed by atoms with Crippen molar-refractivity contribution < 1.29 is 23.0 Å². The van der Waals surface area contributed by atoms with E-state index in [4.69, 9.17) is 19.4 Å². The first-order chi connectivity index (χ1) is 20.6. The Kier molecular flexibility index (Phi) is 8.53. The van der Waals surface area contributed by atoms with Crippen molar-refractivity contribution in [3.63, 3.8) is 0 Å². The van der Waals surface area contributed by atoms with Gasteiger partial charge < -0.3 is 19.3 Å². The van der Waals surface area contributed by atoms with Gasteiger partial charge in [0.25, 0.3) is 6.43 Å². The summed E-state index contributed by atoms with van der Waals surface area (Å²) in [4.78, 5) is 31.2. The first kappa shape index (κ1) is 29.7. The molecular weight excluding hydrogens is 554 g/mol. The lowest BCUT2D eigenvalue weighted by Crippen LogP contribution is -2.41. The molecule has 1 aliphatic heterocycles. The van der Waals surface area contributed by atoms with Crippen molar-refractivity contribution >= 4 is 28.8 Å². The van der Waals surface area contributed by atoms with Crippen molar-refractivity contribution in [3.8, 4) is 5.82 Å². The highest BCUT2D eigenvalue weighted by atomic mass is 19.3. The van der Waals surface area contributed by atoms with Crippen LogP contribution in [0.5, 0.6) is 0 Å². The molecule has 0 N–H and O–H groups in total. The highest BCUT2D eigenvalue weighted by molar-refractivity contribution is 5.78. The molecule has 2 aromatic heterocycles. The molecule has 0 atom stereocenters. The van der Waals surface area contributed by atoms with Gasteiger partial charge in [-0.2, -0.15) is 9.97 Å². The summed E-state index contributed by atoms with van der Waals surface area (Å²) in [6, 6.07) is 9.28. The number of para-hydroxylation sites is 2. The fraction of sp³-hybridized carbons (Fsp3) is 0.625. The van der Waals surface area contributed by atoms with E-state index in [-0.39, 0.29) is 17.8 Å². The third-order valence-electron chi connectivity index (χ3n) is 8.57. The molecule has 9 nitrogen and oxygen atoms in total. The number of fused-ring (bicyclic) bond motifs is 1. The highest BCUT2D eigenvalue weighted by Crippen LogP contribution is 2.38. The third-order valence-corrected chi connectivity index (χ3v) is 8.57. The number of carbonyl (C=O) groups is 1. The van der Waals surface area contributed by atoms with Crippen LogP contribution < -0.4 is 9.80 Å². The van der Waals surface area contributed by atoms with Gasteiger partial charge in [0, 0.05) is 38.2 Å². The Morgan fingerprint density at radius 2 is 1.72 bits per heavy atom. The zero-order valence-corrected chi connectivity index (χ0v) is 25.3. The summed E-state index contributed by atoms with van der Waals surface area (Å²) in [5.41, 5.74) is 0.610. The molecule has 0 radical (unpaired) electrons. The van der Waals surface area contributed by atoms with Crippen LogP contribution >= 0.6 is 0 Å². The van der Waals surface area contributed by atoms with E-state index in [1.807, 2.05) is 32.9 Å². The van der Waals surface area contributed by atoms with E-state index >= 15 is 0 Å². The maximum atomic E-state index is 14.4. The second-order valence-corrected chi connectivity index (χ2v) is 13.1. The van der Waals surface area contributed by atoms with Crippen LogP contribution in [0.4, 0.5) is 20.5 Å². The van der Waals surface area contributed by atoms with Crippen LogP contribution in [0.15, 0.2) is 30.3 Å². The zero-order chi connectivity index (χ0) is 30.1. The number of benzene rings is 1. The first-order valence-corrected chi connectivity index (χ1v) is 15.6. The molecule has 2 aliphatic carbocycles. The Morgan fingerprint density at radius 3 is 2.40 bits per heavy atom. The van der Waals surface area contributed by atoms with Gasteiger partial charge in [-0.15, -0.1) is 0 Å². The number of morpholine rings is 1. The van der Waals surface area contributed by atoms with Crippen LogP contribution in [0, 0.1) is 11.8 Å². The maximum Gasteiger partial charge on any atom is 0.306 e. The van der Waals surface area contributed by atoms with Crippen LogP contribution in [-0.4, -0.2) is 70.0 Å². The van der Waals surface area contributed by atoms with E-state index in [1.54, 1.807) is 18.2 Å². The van der Waals surface area contributed by atoms with Crippen molar-refractivity contribution in [2.45, 2.75) is 83.8 Å². The summed E-state index contributed by atoms with van der Waals surface area (Å²) < 4.78 is 41.4. The maximum absolute atomic E-state index is 14.4. The van der Waals surface area contributed by atoms with Gasteiger partial charge in [0.05, 0.1) is 24.2 Å². The molecule has 232 valence electrons. The quantitative estimate of drug-likeness (QED) is 0.274. The Labute approximate surface area is 251 Å². The number of aromatic nitrogens is 4. The summed E-state index contributed by atoms with van der Waals surface area (Å²) in [5, 5.41) is 0. The largest absolute Gasteiger partial charge is 0.460 e. The summed E-state index contributed by atoms with van der Waals surface area (Å²) in [7, 11) is 0. The molecule has 3 heterocycles. The van der Waals surface area contributed by atoms with Gasteiger partial charge in [-0.1, -0.05) is 12.1 Å². The zero-order valence-electron chi connectivity index (χ0n) is 25.3. The number of halogens is 2. The fourth-order valence-corrected chi connectivity index (χ4v) is 6.30. The van der Waals surface area contributed by atoms with Crippen molar-refractivity contribution in [3.05, 3.63) is 36.2 Å². The molecule has 3 fully saturated rings. The minimum atomic E-state index is -2.76. The molecule has 1 aromatic carbocycles. The van der Waals surface area contributed by atoms with E-state index in [0.717, 1.165) is 38.0 Å². The summed E-state index contributed by atoms with van der Waals surface area (Å²) in [6.45, 7) is 8.95. The second-order valence-electron chi connectivity index (χ2n) is 13.1. The van der Waals surface area contributed by atoms with Gasteiger partial charge in [-0.25, -0.2) is 13.8 Å². The predicted molar refractivity (Wildman–Crippen MR) is 161 cm³/mol. The number of hydrogen-bond donors (Lipinski definition) is 0. The monoisotopic (exact) mass is 596 g/mol. The Balaban J connectivity index is 1.33. The van der Waals surface area contributed by atoms with E-state index in [9.17, 15) is 13.6 Å². The molecule has 1 saturated heterocycles. The highest BCUT2D eigenvalue weighted by Gasteiger charge is 2.34. The van der Waals surface area contributed by atoms with E-state index < -0.39 is 12.0 Å². The van der Waals surface area contributed by atoms with Gasteiger partial charge in [0.15, 0.2) is 5.82 Å². The molecule has 0 spiro atoms. The normalized spacial score (nSPS) is 21.4. The van der Waals surface area contributed by atoms with Gasteiger partial charge in [0.2, 0.25) is 5.95 Å². The Bertz CT molecular complexity index is 1420. The molecule has 3 aliphatic rings. The van der Waals surface area contributed by atoms with Crippen LogP contribution in [0.2, 0.25) is 0 Å². The number of esters is 1. The molecule has 0 unspecified atom stereocenters. The van der Waals surface area contributed by atoms with Gasteiger partial charge in [-0.05, 0) is 83.3 Å². The van der Waals surface area contributed by atoms with Crippen molar-refractivity contribution in [1.29, 1.82) is 0 Å². The van der Waals surface area contributed by atoms with Crippen molar-refractivity contribution in [2.75, 3.05) is 42.6 Å². The molecular formula is C32H42F2N6O3. The Hall–Kier alpha value is -3.34. The number of alkyl halides is 2. The number of nitrogens with zero attached hydrogens (tertiary/aromatic N) is 6. The smallest absolute Gasteiger partial charge is 0.306 e. The number of ether oxygens (including phenoxy) is 2. The van der Waals surface area contributed by atoms with E-state index in [2.05, 4.69) is 14.8 Å². The minimum absolute atomic E-state index is 0.135. The molecule has 2 saturated carbocycles. The van der Waals surface area contributed by atoms with Gasteiger partial charge >= 0.3 is 5.97 Å². The average Bonchev–Trinajstić information content (AvgIpc) is 3.72. The molecule has 43 heavy (non-hydrogen) atoms. The predicted octanol–water partition coefficient (Wildman–Crippen LogP) is 6.10. The average molecular weight is 597 g/mol. The van der Waals surface area contributed by atoms with Crippen molar-refractivity contribution in [2.24, 2.45) is 11.8 Å². The lowest BCUT2D eigenvalue weighted by molar-refractivity contribution is -0.156. The number of rotatable bonds is 9. The first-order valence-electron chi connectivity index (χ1n) is 15.6. The second kappa shape index (κ2) is 12.3. The lowest BCUT2D eigenvalue weighted by atomic mass is 9.83. The fourth-order valence-electron chi connectivity index (χ4n) is 6.30. The van der Waals surface area contributed by atoms with Gasteiger partial charge in [-0.3, -0.25) is 9.36 Å². The van der Waals surface area contributed by atoms with Gasteiger partial charge in [0.1, 0.15) is 17.2 Å². The van der Waals surface area contributed by atoms with E-state index in [0.29, 0.717) is 67.4 Å². The molecule has 11 heteroatoms. The van der Waals surface area contributed by atoms with Crippen LogP contribution in [0.3, 0.4) is 0 Å². The van der Waals surface area contributed by atoms with Crippen LogP contribution in [0.25, 0.3) is 16.9 Å². The number of anilines is 2. The number of hydrogen-bond acceptors (Lipinski definition) is 8.